The maximum atomic E-state index is 12.7. The van der Waals surface area contributed by atoms with Crippen molar-refractivity contribution in [3.8, 4) is 0 Å². The van der Waals surface area contributed by atoms with Crippen LogP contribution in [0, 0.1) is 53.3 Å². The highest BCUT2D eigenvalue weighted by Gasteiger charge is 2.47. The molecule has 0 aromatic heterocycles. The molecule has 3 N–H and O–H groups in total. The van der Waals surface area contributed by atoms with Gasteiger partial charge in [0.1, 0.15) is 0 Å². The van der Waals surface area contributed by atoms with Crippen LogP contribution in [0.15, 0.2) is 69.9 Å². The number of hydrogen-bond acceptors (Lipinski definition) is 3. The summed E-state index contributed by atoms with van der Waals surface area (Å²) in [5.74, 6) is 0. The molecule has 0 heterocycles. The second-order valence-electron chi connectivity index (χ2n) is 24.7. The zero-order valence-corrected chi connectivity index (χ0v) is 44.8. The highest BCUT2D eigenvalue weighted by atomic mass is 16.3. The average molecular weight is 865 g/mol. The molecule has 0 saturated carbocycles. The van der Waals surface area contributed by atoms with Crippen LogP contribution in [0.3, 0.4) is 0 Å². The van der Waals surface area contributed by atoms with Gasteiger partial charge in [0.25, 0.3) is 0 Å². The molecule has 3 aliphatic rings. The summed E-state index contributed by atoms with van der Waals surface area (Å²) in [5, 5.41) is 38.1. The van der Waals surface area contributed by atoms with Gasteiger partial charge in [-0.2, -0.15) is 0 Å². The quantitative estimate of drug-likeness (QED) is 0.138. The Morgan fingerprint density at radius 1 is 0.381 bits per heavy atom. The lowest BCUT2D eigenvalue weighted by molar-refractivity contribution is -0.0314. The molecule has 0 bridgehead atoms. The van der Waals surface area contributed by atoms with Crippen LogP contribution in [0.2, 0.25) is 0 Å². The second-order valence-corrected chi connectivity index (χ2v) is 24.7. The summed E-state index contributed by atoms with van der Waals surface area (Å²) in [6, 6.07) is 0. The van der Waals surface area contributed by atoms with Crippen LogP contribution < -0.4 is 0 Å². The summed E-state index contributed by atoms with van der Waals surface area (Å²) in [4.78, 5) is 0. The Hall–Kier alpha value is -2.46. The summed E-state index contributed by atoms with van der Waals surface area (Å²) in [7, 11) is 0. The molecular weight excluding hydrogens is 769 g/mol. The monoisotopic (exact) mass is 865 g/mol. The molecular formula is C60H96O3. The predicted molar refractivity (Wildman–Crippen MR) is 273 cm³/mol. The molecule has 3 aliphatic carbocycles. The van der Waals surface area contributed by atoms with Gasteiger partial charge in [0, 0.05) is 19.3 Å². The van der Waals surface area contributed by atoms with Gasteiger partial charge in [-0.25, -0.2) is 0 Å². The minimum atomic E-state index is -0.959. The van der Waals surface area contributed by atoms with E-state index in [1.165, 1.54) is 66.8 Å². The number of allylic oxidation sites excluding steroid dienone is 6. The molecule has 0 radical (unpaired) electrons. The van der Waals surface area contributed by atoms with Crippen LogP contribution in [0.1, 0.15) is 216 Å². The molecule has 0 spiro atoms. The van der Waals surface area contributed by atoms with Crippen LogP contribution in [0.5, 0.6) is 0 Å². The molecule has 0 fully saturated rings. The Balaban J connectivity index is 2.09. The number of rotatable bonds is 18. The van der Waals surface area contributed by atoms with E-state index in [0.29, 0.717) is 19.3 Å². The second kappa shape index (κ2) is 18.3. The van der Waals surface area contributed by atoms with E-state index in [0.717, 1.165) is 57.8 Å². The summed E-state index contributed by atoms with van der Waals surface area (Å²) in [6.07, 6.45) is 23.8. The zero-order valence-electron chi connectivity index (χ0n) is 44.8. The molecule has 1 aromatic carbocycles. The zero-order chi connectivity index (χ0) is 48.2. The molecule has 3 nitrogen and oxygen atoms in total. The van der Waals surface area contributed by atoms with Crippen molar-refractivity contribution in [1.82, 2.24) is 0 Å². The molecule has 0 aliphatic heterocycles. The molecule has 0 saturated heterocycles. The third-order valence-electron chi connectivity index (χ3n) is 19.0. The summed E-state index contributed by atoms with van der Waals surface area (Å²) < 4.78 is 0. The minimum Gasteiger partial charge on any atom is -0.385 e. The van der Waals surface area contributed by atoms with E-state index in [9.17, 15) is 15.3 Å². The fraction of sp³-hybridized carbons (Fsp3) is 0.700. The lowest BCUT2D eigenvalue weighted by Gasteiger charge is -2.46. The Kier molecular flexibility index (Phi) is 15.5. The lowest BCUT2D eigenvalue weighted by Crippen LogP contribution is -2.45. The Morgan fingerprint density at radius 3 is 0.762 bits per heavy atom. The van der Waals surface area contributed by atoms with Crippen molar-refractivity contribution in [1.29, 1.82) is 0 Å². The van der Waals surface area contributed by atoms with E-state index in [4.69, 9.17) is 0 Å². The van der Waals surface area contributed by atoms with Gasteiger partial charge in [-0.05, 0) is 179 Å². The predicted octanol–water partition coefficient (Wildman–Crippen LogP) is 15.8. The first-order chi connectivity index (χ1) is 28.7. The third kappa shape index (κ3) is 10.3. The van der Waals surface area contributed by atoms with Crippen molar-refractivity contribution >= 4 is 0 Å². The standard InChI is InChI=1S/C60H96O3/c1-22-52(10,11)46-28-43(34-58(61,37-46)55(16,17)25-4)31-49-40(7)50(32-44-29-47(53(12,13)23-2)38-59(62,35-44)56(18,19)26-5)42(9)51(41(49)8)33-45-30-48(54(14,15)24-3)39-60(63,36-45)57(20,21)27-6/h28-30,34-36,61-63H,22-27,31-33,37-39H2,1-21H3. The van der Waals surface area contributed by atoms with Crippen molar-refractivity contribution in [3.63, 3.8) is 0 Å². The van der Waals surface area contributed by atoms with Crippen molar-refractivity contribution in [2.24, 2.45) is 32.5 Å². The Morgan fingerprint density at radius 2 is 0.587 bits per heavy atom. The van der Waals surface area contributed by atoms with Crippen molar-refractivity contribution in [3.05, 3.63) is 103 Å². The molecule has 354 valence electrons. The number of benzene rings is 1. The van der Waals surface area contributed by atoms with Crippen molar-refractivity contribution in [2.75, 3.05) is 0 Å². The highest BCUT2D eigenvalue weighted by molar-refractivity contribution is 5.57. The third-order valence-corrected chi connectivity index (χ3v) is 19.0. The average Bonchev–Trinajstić information content (AvgIpc) is 3.21. The summed E-state index contributed by atoms with van der Waals surface area (Å²) in [5.41, 5.74) is 11.6. The van der Waals surface area contributed by atoms with Crippen LogP contribution in [0.4, 0.5) is 0 Å². The van der Waals surface area contributed by atoms with Gasteiger partial charge in [0.15, 0.2) is 0 Å². The first-order valence-corrected chi connectivity index (χ1v) is 25.2. The maximum absolute atomic E-state index is 12.7. The van der Waals surface area contributed by atoms with E-state index in [-0.39, 0.29) is 32.5 Å². The molecule has 4 rings (SSSR count). The molecule has 3 unspecified atom stereocenters. The van der Waals surface area contributed by atoms with Crippen LogP contribution in [-0.2, 0) is 19.3 Å². The van der Waals surface area contributed by atoms with E-state index in [2.05, 4.69) is 182 Å². The minimum absolute atomic E-state index is 0.0371. The largest absolute Gasteiger partial charge is 0.385 e. The Labute approximate surface area is 388 Å². The van der Waals surface area contributed by atoms with Gasteiger partial charge >= 0.3 is 0 Å². The van der Waals surface area contributed by atoms with Gasteiger partial charge in [0.05, 0.1) is 16.8 Å². The first kappa shape index (κ1) is 53.2. The summed E-state index contributed by atoms with van der Waals surface area (Å²) in [6.45, 7) is 47.8. The topological polar surface area (TPSA) is 60.7 Å². The van der Waals surface area contributed by atoms with E-state index < -0.39 is 16.8 Å². The van der Waals surface area contributed by atoms with Gasteiger partial charge in [-0.15, -0.1) is 0 Å². The van der Waals surface area contributed by atoms with Gasteiger partial charge in [-0.3, -0.25) is 0 Å². The molecule has 63 heavy (non-hydrogen) atoms. The fourth-order valence-electron chi connectivity index (χ4n) is 10.2. The van der Waals surface area contributed by atoms with Crippen LogP contribution in [-0.4, -0.2) is 32.1 Å². The molecule has 3 atom stereocenters. The van der Waals surface area contributed by atoms with Crippen molar-refractivity contribution < 1.29 is 15.3 Å². The SMILES string of the molecule is CCC(C)(C)C1=CC(Cc2c(C)c(CC3=CC(O)(C(C)(C)CC)CC(C(C)(C)CC)=C3)c(C)c(CC3=CC(O)(C(C)(C)CC)CC(C(C)(C)CC)=C3)c2C)=CC(O)(C(C)(C)CC)C1. The van der Waals surface area contributed by atoms with E-state index in [1.54, 1.807) is 0 Å². The van der Waals surface area contributed by atoms with E-state index >= 15 is 0 Å². The highest BCUT2D eigenvalue weighted by Crippen LogP contribution is 2.52. The van der Waals surface area contributed by atoms with Crippen molar-refractivity contribution in [2.45, 2.75) is 239 Å². The molecule has 3 heteroatoms. The smallest absolute Gasteiger partial charge is 0.0921 e. The van der Waals surface area contributed by atoms with Gasteiger partial charge in [-0.1, -0.05) is 160 Å². The van der Waals surface area contributed by atoms with Gasteiger partial charge in [0.2, 0.25) is 0 Å². The van der Waals surface area contributed by atoms with Crippen LogP contribution >= 0.6 is 0 Å². The number of aliphatic hydroxyl groups is 3. The molecule has 0 amide bonds. The summed E-state index contributed by atoms with van der Waals surface area (Å²) >= 11 is 0. The van der Waals surface area contributed by atoms with Crippen LogP contribution in [0.25, 0.3) is 0 Å². The molecule has 1 aromatic rings. The first-order valence-electron chi connectivity index (χ1n) is 25.2. The fourth-order valence-corrected chi connectivity index (χ4v) is 10.2. The van der Waals surface area contributed by atoms with E-state index in [1.807, 2.05) is 0 Å². The Bertz CT molecular complexity index is 1810. The maximum Gasteiger partial charge on any atom is 0.0921 e. The number of hydrogen-bond donors (Lipinski definition) is 3. The lowest BCUT2D eigenvalue weighted by atomic mass is 9.62. The van der Waals surface area contributed by atoms with Gasteiger partial charge < -0.3 is 15.3 Å². The normalized spacial score (nSPS) is 24.4.